The molecule has 20 heavy (non-hydrogen) atoms. The first-order chi connectivity index (χ1) is 9.54. The molecule has 1 aromatic rings. The Morgan fingerprint density at radius 3 is 2.65 bits per heavy atom. The fraction of sp³-hybridized carbons (Fsp3) is 0.467. The van der Waals surface area contributed by atoms with Crippen molar-refractivity contribution in [1.82, 2.24) is 10.2 Å². The van der Waals surface area contributed by atoms with Crippen LogP contribution in [0.15, 0.2) is 28.7 Å². The van der Waals surface area contributed by atoms with Gasteiger partial charge in [0.1, 0.15) is 0 Å². The predicted molar refractivity (Wildman–Crippen MR) is 79.2 cm³/mol. The summed E-state index contributed by atoms with van der Waals surface area (Å²) in [6.07, 6.45) is 2.35. The number of imide groups is 1. The number of carbonyl (C=O) groups excluding carboxylic acids is 2. The van der Waals surface area contributed by atoms with Gasteiger partial charge in [-0.3, -0.25) is 14.5 Å². The number of carbonyl (C=O) groups is 2. The number of likely N-dealkylation sites (tertiary alicyclic amines) is 1. The van der Waals surface area contributed by atoms with Crippen LogP contribution >= 0.6 is 15.9 Å². The molecule has 1 aliphatic carbocycles. The maximum Gasteiger partial charge on any atom is 0.246 e. The second-order valence-electron chi connectivity index (χ2n) is 5.63. The summed E-state index contributed by atoms with van der Waals surface area (Å²) in [5.41, 5.74) is 1.34. The molecule has 4 nitrogen and oxygen atoms in total. The van der Waals surface area contributed by atoms with Gasteiger partial charge in [0.25, 0.3) is 0 Å². The van der Waals surface area contributed by atoms with Gasteiger partial charge in [-0.05, 0) is 36.5 Å². The van der Waals surface area contributed by atoms with E-state index in [0.29, 0.717) is 18.4 Å². The molecule has 0 bridgehead atoms. The smallest absolute Gasteiger partial charge is 0.246 e. The molecule has 0 spiro atoms. The van der Waals surface area contributed by atoms with E-state index in [4.69, 9.17) is 0 Å². The molecule has 2 fully saturated rings. The number of hydrogen-bond donors (Lipinski definition) is 1. The first-order valence-corrected chi connectivity index (χ1v) is 7.66. The molecule has 3 rings (SSSR count). The Hall–Kier alpha value is -1.20. The molecule has 5 heteroatoms. The van der Waals surface area contributed by atoms with Crippen molar-refractivity contribution in [2.75, 3.05) is 7.05 Å². The van der Waals surface area contributed by atoms with E-state index in [-0.39, 0.29) is 17.9 Å². The topological polar surface area (TPSA) is 49.4 Å². The molecule has 0 aromatic heterocycles. The summed E-state index contributed by atoms with van der Waals surface area (Å²) in [4.78, 5) is 24.5. The summed E-state index contributed by atoms with van der Waals surface area (Å²) in [6, 6.07) is 8.39. The van der Waals surface area contributed by atoms with Crippen LogP contribution in [0, 0.1) is 0 Å². The number of halogens is 1. The van der Waals surface area contributed by atoms with Crippen molar-refractivity contribution in [2.24, 2.45) is 0 Å². The highest BCUT2D eigenvalue weighted by Crippen LogP contribution is 2.38. The van der Waals surface area contributed by atoms with E-state index in [1.165, 1.54) is 10.5 Å². The average Bonchev–Trinajstić information content (AvgIpc) is 2.61. The third-order valence-electron chi connectivity index (χ3n) is 4.28. The number of amides is 2. The van der Waals surface area contributed by atoms with Crippen LogP contribution in [0.4, 0.5) is 0 Å². The summed E-state index contributed by atoms with van der Waals surface area (Å²) in [5.74, 6) is 0.367. The lowest BCUT2D eigenvalue weighted by Gasteiger charge is -2.37. The fourth-order valence-electron chi connectivity index (χ4n) is 2.96. The minimum atomic E-state index is -0.319. The van der Waals surface area contributed by atoms with E-state index < -0.39 is 0 Å². The molecule has 1 aliphatic heterocycles. The van der Waals surface area contributed by atoms with E-state index in [0.717, 1.165) is 17.3 Å². The van der Waals surface area contributed by atoms with Crippen LogP contribution in [-0.2, 0) is 9.59 Å². The standard InChI is InChI=1S/C15H17BrN2O2/c1-18-14(19)8-13(15(18)20)17-12-6-10(7-12)9-3-2-4-11(16)5-9/h2-5,10,12-13,17H,6-8H2,1H3. The van der Waals surface area contributed by atoms with Gasteiger partial charge in [-0.25, -0.2) is 0 Å². The number of benzene rings is 1. The Bertz CT molecular complexity index is 555. The number of rotatable bonds is 3. The number of nitrogens with one attached hydrogen (secondary N) is 1. The molecule has 2 amide bonds. The fourth-order valence-corrected chi connectivity index (χ4v) is 3.37. The first kappa shape index (κ1) is 13.8. The molecule has 1 atom stereocenters. The maximum atomic E-state index is 11.8. The number of nitrogens with zero attached hydrogens (tertiary/aromatic N) is 1. The van der Waals surface area contributed by atoms with Crippen molar-refractivity contribution in [3.8, 4) is 0 Å². The summed E-state index contributed by atoms with van der Waals surface area (Å²) in [7, 11) is 1.55. The van der Waals surface area contributed by atoms with E-state index in [2.05, 4.69) is 33.4 Å². The highest BCUT2D eigenvalue weighted by molar-refractivity contribution is 9.10. The molecule has 0 radical (unpaired) electrons. The van der Waals surface area contributed by atoms with Gasteiger partial charge < -0.3 is 5.32 Å². The van der Waals surface area contributed by atoms with Crippen molar-refractivity contribution in [3.05, 3.63) is 34.3 Å². The Morgan fingerprint density at radius 1 is 1.30 bits per heavy atom. The average molecular weight is 337 g/mol. The molecule has 1 aromatic carbocycles. The minimum Gasteiger partial charge on any atom is -0.303 e. The van der Waals surface area contributed by atoms with Crippen LogP contribution < -0.4 is 5.32 Å². The maximum absolute atomic E-state index is 11.8. The Balaban J connectivity index is 1.54. The predicted octanol–water partition coefficient (Wildman–Crippen LogP) is 2.04. The van der Waals surface area contributed by atoms with E-state index in [1.54, 1.807) is 7.05 Å². The van der Waals surface area contributed by atoms with Gasteiger partial charge in [-0.1, -0.05) is 28.1 Å². The van der Waals surface area contributed by atoms with Gasteiger partial charge in [0.2, 0.25) is 11.8 Å². The van der Waals surface area contributed by atoms with Gasteiger partial charge in [0.05, 0.1) is 12.5 Å². The van der Waals surface area contributed by atoms with E-state index in [9.17, 15) is 9.59 Å². The Morgan fingerprint density at radius 2 is 2.05 bits per heavy atom. The van der Waals surface area contributed by atoms with Crippen molar-refractivity contribution < 1.29 is 9.59 Å². The molecule has 1 unspecified atom stereocenters. The van der Waals surface area contributed by atoms with Crippen LogP contribution in [-0.4, -0.2) is 35.8 Å². The second-order valence-corrected chi connectivity index (χ2v) is 6.55. The Labute approximate surface area is 126 Å². The van der Waals surface area contributed by atoms with Crippen LogP contribution in [0.3, 0.4) is 0 Å². The quantitative estimate of drug-likeness (QED) is 0.859. The highest BCUT2D eigenvalue weighted by atomic mass is 79.9. The van der Waals surface area contributed by atoms with Crippen molar-refractivity contribution in [3.63, 3.8) is 0 Å². The summed E-state index contributed by atoms with van der Waals surface area (Å²) in [5, 5.41) is 3.32. The van der Waals surface area contributed by atoms with Gasteiger partial charge in [-0.2, -0.15) is 0 Å². The van der Waals surface area contributed by atoms with Crippen molar-refractivity contribution in [1.29, 1.82) is 0 Å². The first-order valence-electron chi connectivity index (χ1n) is 6.86. The number of likely N-dealkylation sites (N-methyl/N-ethyl adjacent to an activating group) is 1. The molecular weight excluding hydrogens is 320 g/mol. The molecule has 1 N–H and O–H groups in total. The zero-order valence-electron chi connectivity index (χ0n) is 11.3. The van der Waals surface area contributed by atoms with Gasteiger partial charge in [0, 0.05) is 17.6 Å². The molecule has 106 valence electrons. The zero-order chi connectivity index (χ0) is 14.3. The summed E-state index contributed by atoms with van der Waals surface area (Å²) < 4.78 is 1.10. The summed E-state index contributed by atoms with van der Waals surface area (Å²) in [6.45, 7) is 0. The highest BCUT2D eigenvalue weighted by Gasteiger charge is 2.40. The lowest BCUT2D eigenvalue weighted by molar-refractivity contribution is -0.137. The van der Waals surface area contributed by atoms with Crippen molar-refractivity contribution in [2.45, 2.75) is 37.3 Å². The normalized spacial score (nSPS) is 29.7. The van der Waals surface area contributed by atoms with Crippen LogP contribution in [0.2, 0.25) is 0 Å². The molecule has 1 heterocycles. The molecule has 1 saturated carbocycles. The third kappa shape index (κ3) is 2.52. The van der Waals surface area contributed by atoms with E-state index >= 15 is 0 Å². The largest absolute Gasteiger partial charge is 0.303 e. The summed E-state index contributed by atoms with van der Waals surface area (Å²) >= 11 is 3.49. The zero-order valence-corrected chi connectivity index (χ0v) is 12.9. The van der Waals surface area contributed by atoms with Crippen LogP contribution in [0.25, 0.3) is 0 Å². The van der Waals surface area contributed by atoms with Crippen LogP contribution in [0.5, 0.6) is 0 Å². The van der Waals surface area contributed by atoms with Crippen molar-refractivity contribution >= 4 is 27.7 Å². The monoisotopic (exact) mass is 336 g/mol. The minimum absolute atomic E-state index is 0.0876. The lowest BCUT2D eigenvalue weighted by Crippen LogP contribution is -2.48. The van der Waals surface area contributed by atoms with Gasteiger partial charge >= 0.3 is 0 Å². The number of hydrogen-bond acceptors (Lipinski definition) is 3. The molecule has 2 aliphatic rings. The van der Waals surface area contributed by atoms with E-state index in [1.807, 2.05) is 12.1 Å². The lowest BCUT2D eigenvalue weighted by atomic mass is 9.75. The molecule has 1 saturated heterocycles. The van der Waals surface area contributed by atoms with Gasteiger partial charge in [-0.15, -0.1) is 0 Å². The second kappa shape index (κ2) is 5.30. The molecular formula is C15H17BrN2O2. The third-order valence-corrected chi connectivity index (χ3v) is 4.77. The SMILES string of the molecule is CN1C(=O)CC(NC2CC(c3cccc(Br)c3)C2)C1=O. The Kier molecular flexibility index (Phi) is 3.65. The van der Waals surface area contributed by atoms with Crippen LogP contribution in [0.1, 0.15) is 30.7 Å². The van der Waals surface area contributed by atoms with Gasteiger partial charge in [0.15, 0.2) is 0 Å².